The maximum absolute atomic E-state index is 0. The van der Waals surface area contributed by atoms with Crippen molar-refractivity contribution in [2.24, 2.45) is 0 Å². The summed E-state index contributed by atoms with van der Waals surface area (Å²) in [5.41, 5.74) is 0. The zero-order chi connectivity index (χ0) is 0. The van der Waals surface area contributed by atoms with Crippen LogP contribution in [-0.4, -0.2) is 173 Å². The molecule has 0 aromatic rings. The molecule has 0 aromatic heterocycles. The maximum atomic E-state index is 0. The Kier molecular flexibility index (Phi) is 310. The Hall–Kier alpha value is 5.79. The molecule has 7 heteroatoms. The molecule has 0 bridgehead atoms. The van der Waals surface area contributed by atoms with Crippen molar-refractivity contribution in [2.75, 3.05) is 0 Å². The van der Waals surface area contributed by atoms with E-state index in [0.29, 0.717) is 0 Å². The van der Waals surface area contributed by atoms with E-state index in [9.17, 15) is 0 Å². The van der Waals surface area contributed by atoms with Gasteiger partial charge in [0.2, 0.25) is 0 Å². The minimum Gasteiger partial charge on any atom is 0 e. The van der Waals surface area contributed by atoms with E-state index in [1.807, 2.05) is 0 Å². The summed E-state index contributed by atoms with van der Waals surface area (Å²) in [5.74, 6) is 0. The van der Waals surface area contributed by atoms with E-state index in [4.69, 9.17) is 0 Å². The summed E-state index contributed by atoms with van der Waals surface area (Å²) in [5, 5.41) is 0. The monoisotopic (exact) mass is 742 g/mol. The van der Waals surface area contributed by atoms with Gasteiger partial charge in [0.05, 0.1) is 0 Å². The van der Waals surface area contributed by atoms with E-state index in [1.54, 1.807) is 0 Å². The first-order valence-electron chi connectivity index (χ1n) is 0. The predicted molar refractivity (Wildman–Crippen MR) is 40.3 cm³/mol. The molecule has 0 atom stereocenters. The van der Waals surface area contributed by atoms with Crippen LogP contribution in [0.5, 0.6) is 0 Å². The molecule has 0 aliphatic rings. The van der Waals surface area contributed by atoms with Crippen molar-refractivity contribution in [3.8, 4) is 0 Å². The van der Waals surface area contributed by atoms with Crippen molar-refractivity contribution in [3.63, 3.8) is 0 Å². The predicted octanol–water partition coefficient (Wildman–Crippen LogP) is -2.67. The first-order valence-corrected chi connectivity index (χ1v) is 0. The van der Waals surface area contributed by atoms with Crippen molar-refractivity contribution >= 4 is 173 Å². The van der Waals surface area contributed by atoms with Gasteiger partial charge < -0.3 is 0 Å². The molecule has 0 N–H and O–H groups in total. The van der Waals surface area contributed by atoms with E-state index in [1.165, 1.54) is 0 Å². The Morgan fingerprint density at radius 1 is 0.286 bits per heavy atom. The minimum atomic E-state index is 0. The molecule has 25 valence electrons. The fourth-order valence-corrected chi connectivity index (χ4v) is 0. The van der Waals surface area contributed by atoms with Gasteiger partial charge in [-0.15, -0.1) is 0 Å². The summed E-state index contributed by atoms with van der Waals surface area (Å²) in [4.78, 5) is 0. The third-order valence-corrected chi connectivity index (χ3v) is 0. The Morgan fingerprint density at radius 2 is 0.286 bits per heavy atom. The molecule has 0 spiro atoms. The van der Waals surface area contributed by atoms with E-state index in [0.717, 1.165) is 0 Å². The van der Waals surface area contributed by atoms with E-state index < -0.39 is 0 Å². The zero-order valence-electron chi connectivity index (χ0n) is 4.00. The van der Waals surface area contributed by atoms with Gasteiger partial charge >= 0.3 is 0 Å². The molecule has 0 nitrogen and oxygen atoms in total. The van der Waals surface area contributed by atoms with E-state index in [-0.39, 0.29) is 173 Å². The first kappa shape index (κ1) is 53.0. The van der Waals surface area contributed by atoms with Gasteiger partial charge in [0, 0.05) is 173 Å². The van der Waals surface area contributed by atoms with Crippen LogP contribution in [0, 0.1) is 0 Å². The van der Waals surface area contributed by atoms with Gasteiger partial charge in [-0.05, 0) is 0 Å². The Bertz CT molecular complexity index is 4.14. The Balaban J connectivity index is 0. The molecule has 0 aliphatic heterocycles. The summed E-state index contributed by atoms with van der Waals surface area (Å²) in [6.45, 7) is 0. The second-order valence-electron chi connectivity index (χ2n) is 0. The minimum absolute atomic E-state index is 0. The Labute approximate surface area is 168 Å². The SMILES string of the molecule is [Na].[Sn].[Sn].[Sn].[Sn].[Sn].[Sn]. The molecule has 0 aliphatic carbocycles. The third kappa shape index (κ3) is 33.7. The molecule has 0 saturated heterocycles. The van der Waals surface area contributed by atoms with Crippen molar-refractivity contribution in [3.05, 3.63) is 0 Å². The zero-order valence-corrected chi connectivity index (χ0v) is 23.1. The molecule has 0 fully saturated rings. The van der Waals surface area contributed by atoms with Crippen LogP contribution in [0.3, 0.4) is 0 Å². The second-order valence-corrected chi connectivity index (χ2v) is 0. The topological polar surface area (TPSA) is 0 Å². The summed E-state index contributed by atoms with van der Waals surface area (Å²) in [7, 11) is 0. The van der Waals surface area contributed by atoms with Crippen LogP contribution in [0.2, 0.25) is 0 Å². The van der Waals surface area contributed by atoms with E-state index >= 15 is 0 Å². The van der Waals surface area contributed by atoms with Crippen LogP contribution in [0.25, 0.3) is 0 Å². The summed E-state index contributed by atoms with van der Waals surface area (Å²) < 4.78 is 0. The van der Waals surface area contributed by atoms with Gasteiger partial charge in [-0.3, -0.25) is 0 Å². The quantitative estimate of drug-likeness (QED) is 0.239. The fourth-order valence-electron chi connectivity index (χ4n) is 0. The molecule has 0 unspecified atom stereocenters. The standard InChI is InChI=1S/Na.6Sn. The number of hydrogen-bond donors (Lipinski definition) is 0. The molecular formula is NaSn6. The fraction of sp³-hybridized carbons (Fsp3) is 0. The van der Waals surface area contributed by atoms with Crippen molar-refractivity contribution in [1.82, 2.24) is 0 Å². The normalized spacial score (nSPS) is 0. The van der Waals surface area contributed by atoms with Gasteiger partial charge in [0.25, 0.3) is 0 Å². The van der Waals surface area contributed by atoms with Crippen LogP contribution < -0.4 is 0 Å². The van der Waals surface area contributed by atoms with Gasteiger partial charge in [0.1, 0.15) is 0 Å². The van der Waals surface area contributed by atoms with Gasteiger partial charge in [-0.2, -0.15) is 0 Å². The van der Waals surface area contributed by atoms with Crippen LogP contribution in [0.1, 0.15) is 0 Å². The summed E-state index contributed by atoms with van der Waals surface area (Å²) in [6.07, 6.45) is 0. The summed E-state index contributed by atoms with van der Waals surface area (Å²) in [6, 6.07) is 0. The van der Waals surface area contributed by atoms with Gasteiger partial charge in [-0.1, -0.05) is 0 Å². The number of rotatable bonds is 0. The van der Waals surface area contributed by atoms with Crippen LogP contribution in [0.15, 0.2) is 0 Å². The van der Waals surface area contributed by atoms with E-state index in [2.05, 4.69) is 0 Å². The molecule has 0 rings (SSSR count). The van der Waals surface area contributed by atoms with Gasteiger partial charge in [-0.25, -0.2) is 0 Å². The molecule has 7 heavy (non-hydrogen) atoms. The average molecular weight is 735 g/mol. The maximum Gasteiger partial charge on any atom is 0 e. The van der Waals surface area contributed by atoms with Crippen molar-refractivity contribution < 1.29 is 0 Å². The van der Waals surface area contributed by atoms with Crippen molar-refractivity contribution in [2.45, 2.75) is 0 Å². The summed E-state index contributed by atoms with van der Waals surface area (Å²) >= 11 is 0. The number of hydrogen-bond acceptors (Lipinski definition) is 0. The van der Waals surface area contributed by atoms with Crippen LogP contribution in [-0.2, 0) is 0 Å². The second kappa shape index (κ2) is 40.9. The van der Waals surface area contributed by atoms with Gasteiger partial charge in [0.15, 0.2) is 0 Å². The largest absolute Gasteiger partial charge is 0 e. The smallest absolute Gasteiger partial charge is 0 e. The molecular weight excluding hydrogens is 735 g/mol. The van der Waals surface area contributed by atoms with Crippen LogP contribution >= 0.6 is 0 Å². The molecule has 25 radical (unpaired) electrons. The van der Waals surface area contributed by atoms with Crippen molar-refractivity contribution in [1.29, 1.82) is 0 Å². The molecule has 0 aromatic carbocycles. The molecule has 0 amide bonds. The first-order chi connectivity index (χ1) is 0. The third-order valence-electron chi connectivity index (χ3n) is 0. The molecule has 0 heterocycles. The Morgan fingerprint density at radius 3 is 0.286 bits per heavy atom. The average Bonchev–Trinajstić information content (AvgIpc) is 0. The molecule has 0 saturated carbocycles. The van der Waals surface area contributed by atoms with Crippen LogP contribution in [0.4, 0.5) is 0 Å².